The third-order valence-electron chi connectivity index (χ3n) is 1.68. The number of carboxylic acids is 1. The summed E-state index contributed by atoms with van der Waals surface area (Å²) in [6, 6.07) is 5.67. The summed E-state index contributed by atoms with van der Waals surface area (Å²) in [6.07, 6.45) is 2.17. The molecule has 0 aliphatic carbocycles. The van der Waals surface area contributed by atoms with Gasteiger partial charge in [-0.1, -0.05) is 6.07 Å². The maximum atomic E-state index is 13.1. The van der Waals surface area contributed by atoms with Crippen molar-refractivity contribution >= 4 is 5.97 Å². The lowest BCUT2D eigenvalue weighted by Gasteiger charge is -2.04. The van der Waals surface area contributed by atoms with Crippen LogP contribution in [-0.4, -0.2) is 17.7 Å². The van der Waals surface area contributed by atoms with Gasteiger partial charge >= 0.3 is 5.97 Å². The van der Waals surface area contributed by atoms with Crippen molar-refractivity contribution in [2.75, 3.05) is 6.61 Å². The number of hydrogen-bond donors (Lipinski definition) is 1. The number of carboxylic acid groups (broad SMARTS) is 1. The molecule has 0 unspecified atom stereocenters. The van der Waals surface area contributed by atoms with Crippen LogP contribution in [0.3, 0.4) is 0 Å². The van der Waals surface area contributed by atoms with Crippen LogP contribution in [0, 0.1) is 17.1 Å². The SMILES string of the molecule is N#Cc1c(F)cccc1OC/C=C/C(=O)O. The topological polar surface area (TPSA) is 70.3 Å². The Labute approximate surface area is 91.2 Å². The minimum atomic E-state index is -1.09. The van der Waals surface area contributed by atoms with E-state index in [0.717, 1.165) is 12.1 Å². The first-order valence-corrected chi connectivity index (χ1v) is 4.36. The number of benzene rings is 1. The van der Waals surface area contributed by atoms with Gasteiger partial charge in [0.25, 0.3) is 0 Å². The van der Waals surface area contributed by atoms with E-state index < -0.39 is 11.8 Å². The largest absolute Gasteiger partial charge is 0.488 e. The number of nitrogens with zero attached hydrogens (tertiary/aromatic N) is 1. The van der Waals surface area contributed by atoms with Crippen molar-refractivity contribution in [1.82, 2.24) is 0 Å². The minimum Gasteiger partial charge on any atom is -0.488 e. The van der Waals surface area contributed by atoms with Crippen molar-refractivity contribution in [2.45, 2.75) is 0 Å². The highest BCUT2D eigenvalue weighted by atomic mass is 19.1. The Bertz CT molecular complexity index is 463. The summed E-state index contributed by atoms with van der Waals surface area (Å²) < 4.78 is 18.1. The van der Waals surface area contributed by atoms with Crippen molar-refractivity contribution in [3.8, 4) is 11.8 Å². The van der Waals surface area contributed by atoms with E-state index in [2.05, 4.69) is 0 Å². The van der Waals surface area contributed by atoms with E-state index in [4.69, 9.17) is 15.1 Å². The highest BCUT2D eigenvalue weighted by Gasteiger charge is 2.07. The molecule has 82 valence electrons. The average Bonchev–Trinajstić information content (AvgIpc) is 2.24. The van der Waals surface area contributed by atoms with Crippen LogP contribution in [0.25, 0.3) is 0 Å². The van der Waals surface area contributed by atoms with Gasteiger partial charge in [0.1, 0.15) is 29.8 Å². The molecule has 0 radical (unpaired) electrons. The van der Waals surface area contributed by atoms with Crippen molar-refractivity contribution in [2.24, 2.45) is 0 Å². The smallest absolute Gasteiger partial charge is 0.328 e. The number of halogens is 1. The Kier molecular flexibility index (Phi) is 4.04. The van der Waals surface area contributed by atoms with E-state index in [1.807, 2.05) is 0 Å². The van der Waals surface area contributed by atoms with Crippen LogP contribution in [0.1, 0.15) is 5.56 Å². The van der Waals surface area contributed by atoms with Crippen LogP contribution in [0.5, 0.6) is 5.75 Å². The molecule has 0 aromatic heterocycles. The van der Waals surface area contributed by atoms with E-state index in [1.165, 1.54) is 18.2 Å². The minimum absolute atomic E-state index is 0.0373. The standard InChI is InChI=1S/C11H8FNO3/c12-9-3-1-4-10(8(9)7-13)16-6-2-5-11(14)15/h1-5H,6H2,(H,14,15)/b5-2+. The quantitative estimate of drug-likeness (QED) is 0.786. The first-order chi connectivity index (χ1) is 7.65. The van der Waals surface area contributed by atoms with Crippen molar-refractivity contribution in [3.05, 3.63) is 41.7 Å². The van der Waals surface area contributed by atoms with E-state index in [0.29, 0.717) is 0 Å². The third kappa shape index (κ3) is 3.10. The van der Waals surface area contributed by atoms with Crippen LogP contribution in [0.2, 0.25) is 0 Å². The van der Waals surface area contributed by atoms with E-state index in [-0.39, 0.29) is 17.9 Å². The van der Waals surface area contributed by atoms with Gasteiger partial charge in [-0.05, 0) is 18.2 Å². The van der Waals surface area contributed by atoms with Gasteiger partial charge < -0.3 is 9.84 Å². The molecule has 1 aromatic carbocycles. The second-order valence-electron chi connectivity index (χ2n) is 2.78. The van der Waals surface area contributed by atoms with Crippen LogP contribution in [0.4, 0.5) is 4.39 Å². The molecule has 4 nitrogen and oxygen atoms in total. The van der Waals surface area contributed by atoms with Gasteiger partial charge in [0, 0.05) is 6.08 Å². The maximum Gasteiger partial charge on any atom is 0.328 e. The lowest BCUT2D eigenvalue weighted by Crippen LogP contribution is -1.98. The predicted octanol–water partition coefficient (Wildman–Crippen LogP) is 1.72. The lowest BCUT2D eigenvalue weighted by molar-refractivity contribution is -0.131. The highest BCUT2D eigenvalue weighted by Crippen LogP contribution is 2.20. The van der Waals surface area contributed by atoms with Gasteiger partial charge in [-0.2, -0.15) is 5.26 Å². The Morgan fingerprint density at radius 3 is 3.00 bits per heavy atom. The van der Waals surface area contributed by atoms with E-state index >= 15 is 0 Å². The molecule has 0 aliphatic heterocycles. The molecule has 0 heterocycles. The zero-order valence-electron chi connectivity index (χ0n) is 8.18. The number of rotatable bonds is 4. The predicted molar refractivity (Wildman–Crippen MR) is 53.4 cm³/mol. The second-order valence-corrected chi connectivity index (χ2v) is 2.78. The zero-order chi connectivity index (χ0) is 12.0. The van der Waals surface area contributed by atoms with E-state index in [1.54, 1.807) is 6.07 Å². The summed E-state index contributed by atoms with van der Waals surface area (Å²) in [5, 5.41) is 17.0. The molecule has 0 fully saturated rings. The summed E-state index contributed by atoms with van der Waals surface area (Å²) in [4.78, 5) is 10.1. The van der Waals surface area contributed by atoms with Crippen LogP contribution >= 0.6 is 0 Å². The molecule has 0 aliphatic rings. The third-order valence-corrected chi connectivity index (χ3v) is 1.68. The molecule has 5 heteroatoms. The normalized spacial score (nSPS) is 10.0. The fourth-order valence-electron chi connectivity index (χ4n) is 1.02. The monoisotopic (exact) mass is 221 g/mol. The van der Waals surface area contributed by atoms with Gasteiger partial charge in [-0.15, -0.1) is 0 Å². The molecule has 0 saturated carbocycles. The lowest BCUT2D eigenvalue weighted by atomic mass is 10.2. The molecular weight excluding hydrogens is 213 g/mol. The van der Waals surface area contributed by atoms with Gasteiger partial charge in [0.05, 0.1) is 0 Å². The van der Waals surface area contributed by atoms with Crippen molar-refractivity contribution in [3.63, 3.8) is 0 Å². The average molecular weight is 221 g/mol. The Balaban J connectivity index is 2.72. The molecule has 1 aromatic rings. The molecule has 1 rings (SSSR count). The number of nitriles is 1. The summed E-state index contributed by atoms with van der Waals surface area (Å²) in [6.45, 7) is -0.0373. The van der Waals surface area contributed by atoms with Gasteiger partial charge in [-0.3, -0.25) is 0 Å². The van der Waals surface area contributed by atoms with Crippen molar-refractivity contribution in [1.29, 1.82) is 5.26 Å². The molecule has 1 N–H and O–H groups in total. The summed E-state index contributed by atoms with van der Waals surface area (Å²) >= 11 is 0. The van der Waals surface area contributed by atoms with Crippen LogP contribution in [-0.2, 0) is 4.79 Å². The van der Waals surface area contributed by atoms with Gasteiger partial charge in [0.2, 0.25) is 0 Å². The number of hydrogen-bond acceptors (Lipinski definition) is 3. The number of carbonyl (C=O) groups is 1. The first kappa shape index (κ1) is 11.7. The second kappa shape index (κ2) is 5.51. The van der Waals surface area contributed by atoms with Crippen molar-refractivity contribution < 1.29 is 19.0 Å². The van der Waals surface area contributed by atoms with Gasteiger partial charge in [-0.25, -0.2) is 9.18 Å². The maximum absolute atomic E-state index is 13.1. The van der Waals surface area contributed by atoms with E-state index in [9.17, 15) is 9.18 Å². The Morgan fingerprint density at radius 2 is 2.38 bits per heavy atom. The molecule has 0 bridgehead atoms. The first-order valence-electron chi connectivity index (χ1n) is 4.36. The number of aliphatic carboxylic acids is 1. The Hall–Kier alpha value is -2.35. The fraction of sp³-hybridized carbons (Fsp3) is 0.0909. The summed E-state index contributed by atoms with van der Waals surface area (Å²) in [5.41, 5.74) is -0.189. The van der Waals surface area contributed by atoms with Crippen LogP contribution in [0.15, 0.2) is 30.4 Å². The highest BCUT2D eigenvalue weighted by molar-refractivity contribution is 5.79. The molecule has 16 heavy (non-hydrogen) atoms. The molecule has 0 atom stereocenters. The summed E-state index contributed by atoms with van der Waals surface area (Å²) in [7, 11) is 0. The zero-order valence-corrected chi connectivity index (χ0v) is 8.18. The molecule has 0 saturated heterocycles. The van der Waals surface area contributed by atoms with Crippen LogP contribution < -0.4 is 4.74 Å². The summed E-state index contributed by atoms with van der Waals surface area (Å²) in [5.74, 6) is -1.66. The Morgan fingerprint density at radius 1 is 1.62 bits per heavy atom. The molecular formula is C11H8FNO3. The fourth-order valence-corrected chi connectivity index (χ4v) is 1.02. The van der Waals surface area contributed by atoms with Gasteiger partial charge in [0.15, 0.2) is 0 Å². The molecule has 0 amide bonds. The number of ether oxygens (including phenoxy) is 1. The molecule has 0 spiro atoms.